The maximum Gasteiger partial charge on any atom is 0.248 e. The third kappa shape index (κ3) is 4.01. The van der Waals surface area contributed by atoms with Gasteiger partial charge in [-0.25, -0.2) is 0 Å². The van der Waals surface area contributed by atoms with E-state index in [1.807, 2.05) is 24.3 Å². The molecular formula is C21H23N3O5. The lowest BCUT2D eigenvalue weighted by atomic mass is 9.98. The largest absolute Gasteiger partial charge is 0.416 e. The molecule has 152 valence electrons. The predicted molar refractivity (Wildman–Crippen MR) is 106 cm³/mol. The molecule has 0 unspecified atom stereocenters. The fourth-order valence-corrected chi connectivity index (χ4v) is 3.50. The van der Waals surface area contributed by atoms with Crippen LogP contribution >= 0.6 is 0 Å². The number of rotatable bonds is 6. The minimum Gasteiger partial charge on any atom is -0.416 e. The van der Waals surface area contributed by atoms with Crippen LogP contribution in [0.15, 0.2) is 40.8 Å². The second-order valence-electron chi connectivity index (χ2n) is 6.81. The van der Waals surface area contributed by atoms with E-state index < -0.39 is 0 Å². The molecular weight excluding hydrogens is 374 g/mol. The first-order valence-electron chi connectivity index (χ1n) is 9.47. The van der Waals surface area contributed by atoms with Crippen molar-refractivity contribution in [1.29, 1.82) is 0 Å². The molecule has 29 heavy (non-hydrogen) atoms. The highest BCUT2D eigenvalue weighted by atomic mass is 16.5. The quantitative estimate of drug-likeness (QED) is 0.576. The highest BCUT2D eigenvalue weighted by Crippen LogP contribution is 2.29. The van der Waals surface area contributed by atoms with E-state index in [-0.39, 0.29) is 25.7 Å². The summed E-state index contributed by atoms with van der Waals surface area (Å²) in [6.07, 6.45) is 0. The standard InChI is InChI=1S/C21H23N3O5/c25-11-16-9-15(10-17(12-26)19(16)13-27)21-23-22-20(29-21)14-1-3-18(4-2-14)24-5-7-28-8-6-24/h1-4,9-10,25-27H,5-8,11-13H2. The normalized spacial score (nSPS) is 14.4. The van der Waals surface area contributed by atoms with Crippen LogP contribution in [0, 0.1) is 0 Å². The molecule has 0 spiro atoms. The number of aliphatic hydroxyl groups excluding tert-OH is 3. The van der Waals surface area contributed by atoms with Crippen LogP contribution in [0.5, 0.6) is 0 Å². The van der Waals surface area contributed by atoms with E-state index in [9.17, 15) is 15.3 Å². The third-order valence-electron chi connectivity index (χ3n) is 5.10. The van der Waals surface area contributed by atoms with Gasteiger partial charge in [-0.05, 0) is 53.1 Å². The molecule has 2 aromatic carbocycles. The number of aliphatic hydroxyl groups is 3. The van der Waals surface area contributed by atoms with Crippen molar-refractivity contribution in [3.05, 3.63) is 53.1 Å². The second-order valence-corrected chi connectivity index (χ2v) is 6.81. The third-order valence-corrected chi connectivity index (χ3v) is 5.10. The summed E-state index contributed by atoms with van der Waals surface area (Å²) in [6, 6.07) is 11.3. The molecule has 2 heterocycles. The summed E-state index contributed by atoms with van der Waals surface area (Å²) in [6.45, 7) is 2.41. The van der Waals surface area contributed by atoms with Crippen molar-refractivity contribution in [2.24, 2.45) is 0 Å². The highest BCUT2D eigenvalue weighted by Gasteiger charge is 2.16. The smallest absolute Gasteiger partial charge is 0.248 e. The number of nitrogens with zero attached hydrogens (tertiary/aromatic N) is 3. The molecule has 8 heteroatoms. The Morgan fingerprint density at radius 2 is 1.38 bits per heavy atom. The van der Waals surface area contributed by atoms with Gasteiger partial charge in [0.1, 0.15) is 0 Å². The maximum absolute atomic E-state index is 9.59. The SMILES string of the molecule is OCc1cc(-c2nnc(-c3ccc(N4CCOCC4)cc3)o2)cc(CO)c1CO. The summed E-state index contributed by atoms with van der Waals surface area (Å²) in [5.74, 6) is 0.669. The van der Waals surface area contributed by atoms with E-state index >= 15 is 0 Å². The van der Waals surface area contributed by atoms with Crippen LogP contribution in [0.25, 0.3) is 22.9 Å². The minimum atomic E-state index is -0.267. The summed E-state index contributed by atoms with van der Waals surface area (Å²) < 4.78 is 11.2. The summed E-state index contributed by atoms with van der Waals surface area (Å²) in [7, 11) is 0. The van der Waals surface area contributed by atoms with Crippen molar-refractivity contribution in [3.63, 3.8) is 0 Å². The van der Waals surface area contributed by atoms with Gasteiger partial charge in [0.15, 0.2) is 0 Å². The monoisotopic (exact) mass is 397 g/mol. The molecule has 1 aliphatic rings. The van der Waals surface area contributed by atoms with Crippen LogP contribution in [-0.4, -0.2) is 51.8 Å². The maximum atomic E-state index is 9.59. The van der Waals surface area contributed by atoms with Crippen LogP contribution < -0.4 is 4.90 Å². The summed E-state index contributed by atoms with van der Waals surface area (Å²) in [4.78, 5) is 2.27. The molecule has 0 bridgehead atoms. The molecule has 3 N–H and O–H groups in total. The zero-order chi connectivity index (χ0) is 20.2. The molecule has 4 rings (SSSR count). The number of morpholine rings is 1. The summed E-state index contributed by atoms with van der Waals surface area (Å²) >= 11 is 0. The van der Waals surface area contributed by atoms with E-state index in [0.717, 1.165) is 37.6 Å². The Labute approximate surface area is 168 Å². The van der Waals surface area contributed by atoms with Gasteiger partial charge in [0, 0.05) is 29.9 Å². The number of aromatic nitrogens is 2. The van der Waals surface area contributed by atoms with E-state index in [1.165, 1.54) is 0 Å². The van der Waals surface area contributed by atoms with Gasteiger partial charge in [-0.3, -0.25) is 0 Å². The number of ether oxygens (including phenoxy) is 1. The van der Waals surface area contributed by atoms with E-state index in [0.29, 0.717) is 28.1 Å². The lowest BCUT2D eigenvalue weighted by Gasteiger charge is -2.28. The fourth-order valence-electron chi connectivity index (χ4n) is 3.50. The molecule has 1 fully saturated rings. The van der Waals surface area contributed by atoms with Crippen LogP contribution in [0.1, 0.15) is 16.7 Å². The van der Waals surface area contributed by atoms with E-state index in [1.54, 1.807) is 12.1 Å². The average Bonchev–Trinajstić information content (AvgIpc) is 3.29. The zero-order valence-electron chi connectivity index (χ0n) is 15.9. The first kappa shape index (κ1) is 19.5. The Kier molecular flexibility index (Phi) is 5.86. The molecule has 0 radical (unpaired) electrons. The Morgan fingerprint density at radius 3 is 1.93 bits per heavy atom. The van der Waals surface area contributed by atoms with Crippen molar-refractivity contribution in [2.45, 2.75) is 19.8 Å². The zero-order valence-corrected chi connectivity index (χ0v) is 15.9. The molecule has 3 aromatic rings. The van der Waals surface area contributed by atoms with Gasteiger partial charge in [0.25, 0.3) is 0 Å². The highest BCUT2D eigenvalue weighted by molar-refractivity contribution is 5.63. The number of anilines is 1. The molecule has 1 aliphatic heterocycles. The van der Waals surface area contributed by atoms with Crippen LogP contribution in [0.2, 0.25) is 0 Å². The Bertz CT molecular complexity index is 940. The van der Waals surface area contributed by atoms with Crippen molar-refractivity contribution < 1.29 is 24.5 Å². The van der Waals surface area contributed by atoms with Crippen molar-refractivity contribution >= 4 is 5.69 Å². The Hall–Kier alpha value is -2.78. The number of hydrogen-bond acceptors (Lipinski definition) is 8. The summed E-state index contributed by atoms with van der Waals surface area (Å²) in [5, 5.41) is 36.9. The Balaban J connectivity index is 1.60. The van der Waals surface area contributed by atoms with E-state index in [4.69, 9.17) is 9.15 Å². The van der Waals surface area contributed by atoms with Crippen LogP contribution in [0.3, 0.4) is 0 Å². The predicted octanol–water partition coefficient (Wildman–Crippen LogP) is 1.72. The molecule has 0 amide bonds. The van der Waals surface area contributed by atoms with Gasteiger partial charge in [0.2, 0.25) is 11.8 Å². The van der Waals surface area contributed by atoms with Crippen LogP contribution in [0.4, 0.5) is 5.69 Å². The van der Waals surface area contributed by atoms with Gasteiger partial charge in [0.05, 0.1) is 33.0 Å². The first-order chi connectivity index (χ1) is 14.2. The van der Waals surface area contributed by atoms with Crippen molar-refractivity contribution in [3.8, 4) is 22.9 Å². The van der Waals surface area contributed by atoms with Gasteiger partial charge in [-0.15, -0.1) is 10.2 Å². The second kappa shape index (κ2) is 8.71. The molecule has 0 aliphatic carbocycles. The van der Waals surface area contributed by atoms with Crippen molar-refractivity contribution in [2.75, 3.05) is 31.2 Å². The van der Waals surface area contributed by atoms with E-state index in [2.05, 4.69) is 15.1 Å². The average molecular weight is 397 g/mol. The molecule has 1 aromatic heterocycles. The van der Waals surface area contributed by atoms with Gasteiger partial charge < -0.3 is 29.4 Å². The van der Waals surface area contributed by atoms with Gasteiger partial charge in [-0.1, -0.05) is 0 Å². The molecule has 1 saturated heterocycles. The number of benzene rings is 2. The lowest BCUT2D eigenvalue weighted by molar-refractivity contribution is 0.122. The van der Waals surface area contributed by atoms with Crippen molar-refractivity contribution in [1.82, 2.24) is 10.2 Å². The molecule has 0 saturated carbocycles. The Morgan fingerprint density at radius 1 is 0.793 bits per heavy atom. The fraction of sp³-hybridized carbons (Fsp3) is 0.333. The lowest BCUT2D eigenvalue weighted by Crippen LogP contribution is -2.36. The van der Waals surface area contributed by atoms with Crippen LogP contribution in [-0.2, 0) is 24.6 Å². The summed E-state index contributed by atoms with van der Waals surface area (Å²) in [5.41, 5.74) is 4.05. The molecule has 8 nitrogen and oxygen atoms in total. The first-order valence-corrected chi connectivity index (χ1v) is 9.47. The topological polar surface area (TPSA) is 112 Å². The number of hydrogen-bond donors (Lipinski definition) is 3. The van der Waals surface area contributed by atoms with Gasteiger partial charge >= 0.3 is 0 Å². The minimum absolute atomic E-state index is 0.263. The van der Waals surface area contributed by atoms with Gasteiger partial charge in [-0.2, -0.15) is 0 Å². The molecule has 0 atom stereocenters.